The van der Waals surface area contributed by atoms with E-state index in [2.05, 4.69) is 9.97 Å². The summed E-state index contributed by atoms with van der Waals surface area (Å²) in [7, 11) is 0. The third-order valence-electron chi connectivity index (χ3n) is 2.75. The normalized spacial score (nSPS) is 12.1. The predicted octanol–water partition coefficient (Wildman–Crippen LogP) is 2.88. The molecule has 0 fully saturated rings. The van der Waals surface area contributed by atoms with Gasteiger partial charge in [-0.1, -0.05) is 42.1 Å². The van der Waals surface area contributed by atoms with E-state index >= 15 is 0 Å². The molecule has 1 atom stereocenters. The SMILES string of the molecule is Cc1cc(C)nc(SC(Cc2ccccc2)C(=O)O)n1. The van der Waals surface area contributed by atoms with Crippen LogP contribution >= 0.6 is 11.8 Å². The van der Waals surface area contributed by atoms with Gasteiger partial charge in [0.15, 0.2) is 5.16 Å². The summed E-state index contributed by atoms with van der Waals surface area (Å²) in [4.78, 5) is 20.0. The lowest BCUT2D eigenvalue weighted by molar-refractivity contribution is -0.136. The molecule has 0 aliphatic heterocycles. The molecule has 0 bridgehead atoms. The van der Waals surface area contributed by atoms with Crippen LogP contribution in [0.25, 0.3) is 0 Å². The molecule has 0 spiro atoms. The Labute approximate surface area is 122 Å². The van der Waals surface area contributed by atoms with Crippen LogP contribution in [-0.2, 0) is 11.2 Å². The van der Waals surface area contributed by atoms with Crippen LogP contribution in [0.2, 0.25) is 0 Å². The molecule has 1 heterocycles. The van der Waals surface area contributed by atoms with E-state index in [-0.39, 0.29) is 0 Å². The van der Waals surface area contributed by atoms with Gasteiger partial charge in [-0.05, 0) is 31.9 Å². The number of carboxylic acid groups (broad SMARTS) is 1. The highest BCUT2D eigenvalue weighted by molar-refractivity contribution is 8.00. The van der Waals surface area contributed by atoms with Gasteiger partial charge in [-0.2, -0.15) is 0 Å². The first-order valence-corrected chi connectivity index (χ1v) is 7.18. The van der Waals surface area contributed by atoms with Crippen molar-refractivity contribution in [2.45, 2.75) is 30.7 Å². The van der Waals surface area contributed by atoms with E-state index < -0.39 is 11.2 Å². The smallest absolute Gasteiger partial charge is 0.317 e. The maximum Gasteiger partial charge on any atom is 0.317 e. The summed E-state index contributed by atoms with van der Waals surface area (Å²) < 4.78 is 0. The molecule has 4 nitrogen and oxygen atoms in total. The fourth-order valence-corrected chi connectivity index (χ4v) is 2.91. The molecule has 2 rings (SSSR count). The van der Waals surface area contributed by atoms with Gasteiger partial charge in [0, 0.05) is 11.4 Å². The Balaban J connectivity index is 2.15. The molecule has 5 heteroatoms. The summed E-state index contributed by atoms with van der Waals surface area (Å²) in [6, 6.07) is 11.5. The summed E-state index contributed by atoms with van der Waals surface area (Å²) in [6.07, 6.45) is 0.456. The Hall–Kier alpha value is -1.88. The van der Waals surface area contributed by atoms with Crippen LogP contribution in [0.3, 0.4) is 0 Å². The second kappa shape index (κ2) is 6.52. The number of nitrogens with zero attached hydrogens (tertiary/aromatic N) is 2. The first kappa shape index (κ1) is 14.5. The number of rotatable bonds is 5. The maximum absolute atomic E-state index is 11.4. The molecule has 0 aliphatic rings. The monoisotopic (exact) mass is 288 g/mol. The molecule has 0 amide bonds. The molecule has 1 unspecified atom stereocenters. The minimum Gasteiger partial charge on any atom is -0.480 e. The molecule has 1 aromatic heterocycles. The van der Waals surface area contributed by atoms with Crippen molar-refractivity contribution in [2.75, 3.05) is 0 Å². The third kappa shape index (κ3) is 4.06. The molecular formula is C15H16N2O2S. The van der Waals surface area contributed by atoms with Crippen LogP contribution in [-0.4, -0.2) is 26.3 Å². The van der Waals surface area contributed by atoms with Crippen LogP contribution in [0.15, 0.2) is 41.6 Å². The number of hydrogen-bond acceptors (Lipinski definition) is 4. The molecule has 104 valence electrons. The number of thioether (sulfide) groups is 1. The van der Waals surface area contributed by atoms with Crippen molar-refractivity contribution in [3.05, 3.63) is 53.3 Å². The molecule has 2 aromatic rings. The standard InChI is InChI=1S/C15H16N2O2S/c1-10-8-11(2)17-15(16-10)20-13(14(18)19)9-12-6-4-3-5-7-12/h3-8,13H,9H2,1-2H3,(H,18,19). The van der Waals surface area contributed by atoms with Crippen molar-refractivity contribution in [3.8, 4) is 0 Å². The molecule has 1 N–H and O–H groups in total. The minimum absolute atomic E-state index is 0.456. The van der Waals surface area contributed by atoms with Gasteiger partial charge in [0.2, 0.25) is 0 Å². The van der Waals surface area contributed by atoms with E-state index in [1.54, 1.807) is 0 Å². The van der Waals surface area contributed by atoms with Crippen LogP contribution in [0, 0.1) is 13.8 Å². The van der Waals surface area contributed by atoms with Crippen molar-refractivity contribution in [2.24, 2.45) is 0 Å². The van der Waals surface area contributed by atoms with E-state index in [9.17, 15) is 9.90 Å². The molecule has 1 aromatic carbocycles. The minimum atomic E-state index is -0.846. The Morgan fingerprint density at radius 3 is 2.35 bits per heavy atom. The van der Waals surface area contributed by atoms with Crippen LogP contribution < -0.4 is 0 Å². The van der Waals surface area contributed by atoms with Crippen LogP contribution in [0.1, 0.15) is 17.0 Å². The van der Waals surface area contributed by atoms with Crippen molar-refractivity contribution >= 4 is 17.7 Å². The Morgan fingerprint density at radius 1 is 1.20 bits per heavy atom. The highest BCUT2D eigenvalue weighted by atomic mass is 32.2. The third-order valence-corrected chi connectivity index (χ3v) is 3.80. The number of aromatic nitrogens is 2. The number of hydrogen-bond donors (Lipinski definition) is 1. The van der Waals surface area contributed by atoms with Gasteiger partial charge >= 0.3 is 5.97 Å². The zero-order valence-corrected chi connectivity index (χ0v) is 12.2. The lowest BCUT2D eigenvalue weighted by Gasteiger charge is -2.11. The molecule has 0 saturated heterocycles. The van der Waals surface area contributed by atoms with Gasteiger partial charge in [0.05, 0.1) is 0 Å². The molecule has 20 heavy (non-hydrogen) atoms. The van der Waals surface area contributed by atoms with Crippen molar-refractivity contribution in [3.63, 3.8) is 0 Å². The molecule has 0 aliphatic carbocycles. The fraction of sp³-hybridized carbons (Fsp3) is 0.267. The maximum atomic E-state index is 11.4. The lowest BCUT2D eigenvalue weighted by atomic mass is 10.1. The fourth-order valence-electron chi connectivity index (χ4n) is 1.88. The van der Waals surface area contributed by atoms with Crippen molar-refractivity contribution in [1.82, 2.24) is 9.97 Å². The second-order valence-electron chi connectivity index (χ2n) is 4.57. The lowest BCUT2D eigenvalue weighted by Crippen LogP contribution is -2.19. The van der Waals surface area contributed by atoms with Crippen molar-refractivity contribution < 1.29 is 9.90 Å². The van der Waals surface area contributed by atoms with Crippen LogP contribution in [0.4, 0.5) is 0 Å². The molecular weight excluding hydrogens is 272 g/mol. The van der Waals surface area contributed by atoms with E-state index in [1.807, 2.05) is 50.2 Å². The summed E-state index contributed by atoms with van der Waals surface area (Å²) in [5, 5.41) is 9.29. The second-order valence-corrected chi connectivity index (χ2v) is 5.74. The topological polar surface area (TPSA) is 63.1 Å². The van der Waals surface area contributed by atoms with Gasteiger partial charge in [-0.15, -0.1) is 0 Å². The molecule has 0 saturated carbocycles. The largest absolute Gasteiger partial charge is 0.480 e. The van der Waals surface area contributed by atoms with Gasteiger partial charge in [0.25, 0.3) is 0 Å². The Bertz CT molecular complexity index is 582. The summed E-state index contributed by atoms with van der Waals surface area (Å²) >= 11 is 1.20. The number of aryl methyl sites for hydroxylation is 2. The molecule has 0 radical (unpaired) electrons. The van der Waals surface area contributed by atoms with Gasteiger partial charge < -0.3 is 5.11 Å². The Morgan fingerprint density at radius 2 is 1.80 bits per heavy atom. The van der Waals surface area contributed by atoms with Gasteiger partial charge in [-0.25, -0.2) is 9.97 Å². The van der Waals surface area contributed by atoms with E-state index in [0.29, 0.717) is 11.6 Å². The predicted molar refractivity (Wildman–Crippen MR) is 78.9 cm³/mol. The first-order chi connectivity index (χ1) is 9.54. The zero-order chi connectivity index (χ0) is 14.5. The van der Waals surface area contributed by atoms with Crippen LogP contribution in [0.5, 0.6) is 0 Å². The van der Waals surface area contributed by atoms with E-state index in [1.165, 1.54) is 11.8 Å². The number of carbonyl (C=O) groups is 1. The van der Waals surface area contributed by atoms with Gasteiger partial charge in [-0.3, -0.25) is 4.79 Å². The Kier molecular flexibility index (Phi) is 4.74. The van der Waals surface area contributed by atoms with Crippen molar-refractivity contribution in [1.29, 1.82) is 0 Å². The summed E-state index contributed by atoms with van der Waals surface area (Å²) in [5.74, 6) is -0.846. The average Bonchev–Trinajstić information content (AvgIpc) is 2.38. The van der Waals surface area contributed by atoms with Gasteiger partial charge in [0.1, 0.15) is 5.25 Å². The zero-order valence-electron chi connectivity index (χ0n) is 11.4. The average molecular weight is 288 g/mol. The highest BCUT2D eigenvalue weighted by Crippen LogP contribution is 2.23. The highest BCUT2D eigenvalue weighted by Gasteiger charge is 2.21. The number of carboxylic acids is 1. The quantitative estimate of drug-likeness (QED) is 0.677. The van der Waals surface area contributed by atoms with E-state index in [4.69, 9.17) is 0 Å². The summed E-state index contributed by atoms with van der Waals surface area (Å²) in [6.45, 7) is 3.76. The first-order valence-electron chi connectivity index (χ1n) is 6.30. The van der Waals surface area contributed by atoms with E-state index in [0.717, 1.165) is 17.0 Å². The number of aliphatic carboxylic acids is 1. The number of benzene rings is 1. The summed E-state index contributed by atoms with van der Waals surface area (Å²) in [5.41, 5.74) is 2.70.